The van der Waals surface area contributed by atoms with Crippen molar-refractivity contribution in [3.8, 4) is 0 Å². The van der Waals surface area contributed by atoms with Crippen LogP contribution in [0.2, 0.25) is 0 Å². The molecule has 0 saturated carbocycles. The van der Waals surface area contributed by atoms with Crippen molar-refractivity contribution in [2.75, 3.05) is 5.08 Å². The number of rotatable bonds is 2. The average molecular weight is 145 g/mol. The summed E-state index contributed by atoms with van der Waals surface area (Å²) in [4.78, 5) is 0. The Morgan fingerprint density at radius 2 is 2.75 bits per heavy atom. The SMILES string of the molecule is [S]CSn1[c]cnn1. The molecule has 0 aliphatic heterocycles. The Bertz CT molecular complexity index is 138. The Kier molecular flexibility index (Phi) is 2.23. The summed E-state index contributed by atoms with van der Waals surface area (Å²) in [6.07, 6.45) is 4.23. The van der Waals surface area contributed by atoms with E-state index in [1.807, 2.05) is 0 Å². The fraction of sp³-hybridized carbons (Fsp3) is 0.333. The van der Waals surface area contributed by atoms with Crippen LogP contribution in [-0.2, 0) is 0 Å². The molecule has 42 valence electrons. The standard InChI is InChI=1S/C3H3N3S2/c7-3-8-6-2-1-4-5-6/h1H,3H2. The first-order valence-corrected chi connectivity index (χ1v) is 3.45. The third-order valence-corrected chi connectivity index (χ3v) is 1.38. The minimum Gasteiger partial charge on any atom is -0.183 e. The lowest BCUT2D eigenvalue weighted by atomic mass is 11.0. The van der Waals surface area contributed by atoms with Gasteiger partial charge in [0.1, 0.15) is 6.20 Å². The molecule has 0 N–H and O–H groups in total. The van der Waals surface area contributed by atoms with E-state index in [4.69, 9.17) is 0 Å². The maximum Gasteiger partial charge on any atom is 0.122 e. The first kappa shape index (κ1) is 5.97. The van der Waals surface area contributed by atoms with Crippen LogP contribution >= 0.6 is 24.6 Å². The van der Waals surface area contributed by atoms with Gasteiger partial charge in [0.05, 0.1) is 11.3 Å². The lowest BCUT2D eigenvalue weighted by Crippen LogP contribution is -1.86. The van der Waals surface area contributed by atoms with Crippen LogP contribution in [0.25, 0.3) is 0 Å². The zero-order valence-corrected chi connectivity index (χ0v) is 5.58. The van der Waals surface area contributed by atoms with Crippen molar-refractivity contribution in [1.82, 2.24) is 14.4 Å². The Morgan fingerprint density at radius 1 is 1.88 bits per heavy atom. The van der Waals surface area contributed by atoms with Gasteiger partial charge in [-0.05, 0) is 11.9 Å². The maximum atomic E-state index is 4.65. The Balaban J connectivity index is 2.50. The van der Waals surface area contributed by atoms with Crippen LogP contribution in [0.3, 0.4) is 0 Å². The van der Waals surface area contributed by atoms with E-state index in [9.17, 15) is 0 Å². The van der Waals surface area contributed by atoms with Crippen molar-refractivity contribution in [2.24, 2.45) is 0 Å². The van der Waals surface area contributed by atoms with Crippen molar-refractivity contribution >= 4 is 24.6 Å². The normalized spacial score (nSPS) is 9.62. The lowest BCUT2D eigenvalue weighted by molar-refractivity contribution is 0.889. The molecule has 0 fully saturated rings. The van der Waals surface area contributed by atoms with Crippen LogP contribution in [0.5, 0.6) is 0 Å². The molecule has 0 bridgehead atoms. The molecule has 5 heteroatoms. The summed E-state index contributed by atoms with van der Waals surface area (Å²) in [5.74, 6) is 0. The highest BCUT2D eigenvalue weighted by Gasteiger charge is 1.86. The first-order chi connectivity index (χ1) is 3.93. The predicted octanol–water partition coefficient (Wildman–Crippen LogP) is 0.730. The van der Waals surface area contributed by atoms with Gasteiger partial charge < -0.3 is 0 Å². The highest BCUT2D eigenvalue weighted by Crippen LogP contribution is 2.01. The molecule has 0 atom stereocenters. The van der Waals surface area contributed by atoms with Crippen molar-refractivity contribution in [3.63, 3.8) is 0 Å². The second kappa shape index (κ2) is 2.99. The molecule has 0 aromatic carbocycles. The Labute approximate surface area is 57.0 Å². The average Bonchev–Trinajstić information content (AvgIpc) is 2.19. The van der Waals surface area contributed by atoms with Gasteiger partial charge >= 0.3 is 0 Å². The molecule has 0 saturated heterocycles. The van der Waals surface area contributed by atoms with Crippen LogP contribution in [0.15, 0.2) is 6.20 Å². The van der Waals surface area contributed by atoms with Gasteiger partial charge in [-0.25, -0.2) is 0 Å². The van der Waals surface area contributed by atoms with Crippen LogP contribution < -0.4 is 0 Å². The quantitative estimate of drug-likeness (QED) is 0.614. The third-order valence-electron chi connectivity index (χ3n) is 0.534. The van der Waals surface area contributed by atoms with Crippen LogP contribution in [0.1, 0.15) is 0 Å². The predicted molar refractivity (Wildman–Crippen MR) is 34.3 cm³/mol. The molecule has 0 aliphatic carbocycles. The largest absolute Gasteiger partial charge is 0.183 e. The highest BCUT2D eigenvalue weighted by molar-refractivity contribution is 8.08. The van der Waals surface area contributed by atoms with Crippen molar-refractivity contribution in [1.29, 1.82) is 0 Å². The smallest absolute Gasteiger partial charge is 0.122 e. The van der Waals surface area contributed by atoms with E-state index < -0.39 is 0 Å². The summed E-state index contributed by atoms with van der Waals surface area (Å²) in [6.45, 7) is 0. The van der Waals surface area contributed by atoms with E-state index >= 15 is 0 Å². The fourth-order valence-electron chi connectivity index (χ4n) is 0.287. The molecule has 3 nitrogen and oxygen atoms in total. The van der Waals surface area contributed by atoms with Gasteiger partial charge in [-0.1, -0.05) is 17.8 Å². The third kappa shape index (κ3) is 1.41. The molecule has 1 aromatic rings. The van der Waals surface area contributed by atoms with Gasteiger partial charge in [-0.3, -0.25) is 0 Å². The van der Waals surface area contributed by atoms with E-state index in [0.29, 0.717) is 5.08 Å². The van der Waals surface area contributed by atoms with E-state index in [0.717, 1.165) is 0 Å². The van der Waals surface area contributed by atoms with Gasteiger partial charge in [-0.15, -0.1) is 5.10 Å². The molecule has 8 heavy (non-hydrogen) atoms. The lowest BCUT2D eigenvalue weighted by Gasteiger charge is -1.87. The van der Waals surface area contributed by atoms with E-state index in [1.165, 1.54) is 22.2 Å². The van der Waals surface area contributed by atoms with Crippen LogP contribution in [0, 0.1) is 6.20 Å². The first-order valence-electron chi connectivity index (χ1n) is 1.93. The molecule has 2 radical (unpaired) electrons. The van der Waals surface area contributed by atoms with Crippen LogP contribution in [-0.4, -0.2) is 19.5 Å². The molecular weight excluding hydrogens is 142 g/mol. The molecule has 1 aromatic heterocycles. The van der Waals surface area contributed by atoms with E-state index in [-0.39, 0.29) is 0 Å². The van der Waals surface area contributed by atoms with Gasteiger partial charge in [0.25, 0.3) is 0 Å². The zero-order chi connectivity index (χ0) is 5.82. The van der Waals surface area contributed by atoms with Gasteiger partial charge in [0.2, 0.25) is 0 Å². The fourth-order valence-corrected chi connectivity index (χ4v) is 0.902. The summed E-state index contributed by atoms with van der Waals surface area (Å²) in [5.41, 5.74) is 0. The number of aromatic nitrogens is 3. The maximum absolute atomic E-state index is 4.65. The van der Waals surface area contributed by atoms with Gasteiger partial charge in [0.15, 0.2) is 0 Å². The Morgan fingerprint density at radius 3 is 3.25 bits per heavy atom. The highest BCUT2D eigenvalue weighted by atomic mass is 32.2. The molecular formula is C3H3N3S2. The van der Waals surface area contributed by atoms with Crippen molar-refractivity contribution in [3.05, 3.63) is 12.4 Å². The van der Waals surface area contributed by atoms with E-state index in [2.05, 4.69) is 29.1 Å². The second-order valence-corrected chi connectivity index (χ2v) is 2.53. The van der Waals surface area contributed by atoms with Crippen molar-refractivity contribution < 1.29 is 0 Å². The topological polar surface area (TPSA) is 30.7 Å². The second-order valence-electron chi connectivity index (χ2n) is 0.983. The molecule has 0 unspecified atom stereocenters. The number of hydrogen-bond acceptors (Lipinski definition) is 3. The number of hydrogen-bond donors (Lipinski definition) is 0. The minimum absolute atomic E-state index is 0.583. The monoisotopic (exact) mass is 145 g/mol. The molecule has 1 rings (SSSR count). The van der Waals surface area contributed by atoms with Gasteiger partial charge in [0, 0.05) is 0 Å². The number of nitrogens with zero attached hydrogens (tertiary/aromatic N) is 3. The van der Waals surface area contributed by atoms with Crippen LogP contribution in [0.4, 0.5) is 0 Å². The zero-order valence-electron chi connectivity index (χ0n) is 3.94. The summed E-state index contributed by atoms with van der Waals surface area (Å²) < 4.78 is 1.51. The molecule has 0 spiro atoms. The van der Waals surface area contributed by atoms with E-state index in [1.54, 1.807) is 0 Å². The minimum atomic E-state index is 0.583. The summed E-state index contributed by atoms with van der Waals surface area (Å²) >= 11 is 6.04. The summed E-state index contributed by atoms with van der Waals surface area (Å²) in [6, 6.07) is 0. The Hall–Kier alpha value is -0.160. The molecule has 1 heterocycles. The summed E-state index contributed by atoms with van der Waals surface area (Å²) in [7, 11) is 0. The van der Waals surface area contributed by atoms with Crippen molar-refractivity contribution in [2.45, 2.75) is 0 Å². The molecule has 0 aliphatic rings. The molecule has 0 amide bonds. The van der Waals surface area contributed by atoms with Gasteiger partial charge in [-0.2, -0.15) is 4.09 Å². The summed E-state index contributed by atoms with van der Waals surface area (Å²) in [5, 5.41) is 7.73.